The summed E-state index contributed by atoms with van der Waals surface area (Å²) in [6, 6.07) is 0.0316. The number of hydrogen-bond donors (Lipinski definition) is 2. The van der Waals surface area contributed by atoms with E-state index in [9.17, 15) is 9.90 Å². The molecule has 0 radical (unpaired) electrons. The zero-order valence-corrected chi connectivity index (χ0v) is 9.64. The van der Waals surface area contributed by atoms with Crippen LogP contribution in [0.25, 0.3) is 0 Å². The third kappa shape index (κ3) is 2.55. The number of aliphatic hydroxyl groups is 1. The van der Waals surface area contributed by atoms with E-state index < -0.39 is 5.97 Å². The lowest BCUT2D eigenvalue weighted by Crippen LogP contribution is -2.49. The maximum atomic E-state index is 11.3. The molecule has 2 aliphatic carbocycles. The zero-order valence-electron chi connectivity index (χ0n) is 9.64. The summed E-state index contributed by atoms with van der Waals surface area (Å²) in [6.07, 6.45) is 6.65. The van der Waals surface area contributed by atoms with Gasteiger partial charge in [0, 0.05) is 12.6 Å². The standard InChI is InChI=1S/C12H21NO3/c14-8-7-13(10-3-1-2-4-10)11(12(15)16)9-5-6-9/h9-11,14H,1-8H2,(H,15,16). The first-order chi connectivity index (χ1) is 7.74. The Morgan fingerprint density at radius 3 is 2.31 bits per heavy atom. The summed E-state index contributed by atoms with van der Waals surface area (Å²) in [5.41, 5.74) is 0. The first-order valence-electron chi connectivity index (χ1n) is 6.33. The van der Waals surface area contributed by atoms with Gasteiger partial charge in [-0.15, -0.1) is 0 Å². The largest absolute Gasteiger partial charge is 0.480 e. The molecule has 4 heteroatoms. The number of carbonyl (C=O) groups is 1. The highest BCUT2D eigenvalue weighted by Crippen LogP contribution is 2.38. The van der Waals surface area contributed by atoms with Crippen molar-refractivity contribution in [1.29, 1.82) is 0 Å². The van der Waals surface area contributed by atoms with Crippen LogP contribution in [-0.4, -0.2) is 46.3 Å². The summed E-state index contributed by atoms with van der Waals surface area (Å²) in [5, 5.41) is 18.4. The van der Waals surface area contributed by atoms with Gasteiger partial charge in [-0.1, -0.05) is 12.8 Å². The number of aliphatic carboxylic acids is 1. The Bertz CT molecular complexity index is 247. The molecule has 2 N–H and O–H groups in total. The van der Waals surface area contributed by atoms with Crippen LogP contribution in [0.4, 0.5) is 0 Å². The fourth-order valence-electron chi connectivity index (χ4n) is 2.93. The molecule has 1 atom stereocenters. The minimum absolute atomic E-state index is 0.0625. The monoisotopic (exact) mass is 227 g/mol. The minimum Gasteiger partial charge on any atom is -0.480 e. The number of rotatable bonds is 6. The van der Waals surface area contributed by atoms with E-state index in [4.69, 9.17) is 5.11 Å². The second kappa shape index (κ2) is 5.15. The Kier molecular flexibility index (Phi) is 3.82. The van der Waals surface area contributed by atoms with Crippen molar-refractivity contribution in [2.24, 2.45) is 5.92 Å². The van der Waals surface area contributed by atoms with Crippen LogP contribution in [0.3, 0.4) is 0 Å². The highest BCUT2D eigenvalue weighted by Gasteiger charge is 2.42. The summed E-state index contributed by atoms with van der Waals surface area (Å²) in [6.45, 7) is 0.575. The van der Waals surface area contributed by atoms with Gasteiger partial charge in [-0.3, -0.25) is 9.69 Å². The summed E-state index contributed by atoms with van der Waals surface area (Å²) in [7, 11) is 0. The summed E-state index contributed by atoms with van der Waals surface area (Å²) in [4.78, 5) is 13.4. The molecule has 0 aromatic heterocycles. The number of hydrogen-bond acceptors (Lipinski definition) is 3. The lowest BCUT2D eigenvalue weighted by atomic mass is 10.1. The molecule has 16 heavy (non-hydrogen) atoms. The first kappa shape index (κ1) is 11.9. The van der Waals surface area contributed by atoms with Crippen LogP contribution in [0.15, 0.2) is 0 Å². The predicted molar refractivity (Wildman–Crippen MR) is 60.2 cm³/mol. The molecular formula is C12H21NO3. The summed E-state index contributed by atoms with van der Waals surface area (Å²) >= 11 is 0. The van der Waals surface area contributed by atoms with Crippen molar-refractivity contribution in [3.8, 4) is 0 Å². The van der Waals surface area contributed by atoms with Crippen molar-refractivity contribution in [2.75, 3.05) is 13.2 Å². The average molecular weight is 227 g/mol. The highest BCUT2D eigenvalue weighted by molar-refractivity contribution is 5.74. The van der Waals surface area contributed by atoms with E-state index in [0.29, 0.717) is 18.5 Å². The Balaban J connectivity index is 2.05. The smallest absolute Gasteiger partial charge is 0.321 e. The van der Waals surface area contributed by atoms with Crippen molar-refractivity contribution in [2.45, 2.75) is 50.6 Å². The summed E-state index contributed by atoms with van der Waals surface area (Å²) < 4.78 is 0. The van der Waals surface area contributed by atoms with Gasteiger partial charge in [0.05, 0.1) is 6.61 Å². The lowest BCUT2D eigenvalue weighted by Gasteiger charge is -2.33. The number of aliphatic hydroxyl groups excluding tert-OH is 1. The summed E-state index contributed by atoms with van der Waals surface area (Å²) in [5.74, 6) is -0.382. The van der Waals surface area contributed by atoms with E-state index in [1.54, 1.807) is 0 Å². The van der Waals surface area contributed by atoms with Gasteiger partial charge in [-0.2, -0.15) is 0 Å². The van der Waals surface area contributed by atoms with Gasteiger partial charge in [0.15, 0.2) is 0 Å². The van der Waals surface area contributed by atoms with Crippen LogP contribution in [0, 0.1) is 5.92 Å². The maximum Gasteiger partial charge on any atom is 0.321 e. The molecule has 0 aromatic carbocycles. The third-order valence-electron chi connectivity index (χ3n) is 3.83. The van der Waals surface area contributed by atoms with E-state index in [-0.39, 0.29) is 12.6 Å². The fraction of sp³-hybridized carbons (Fsp3) is 0.917. The van der Waals surface area contributed by atoms with Gasteiger partial charge < -0.3 is 10.2 Å². The topological polar surface area (TPSA) is 60.8 Å². The Labute approximate surface area is 96.3 Å². The van der Waals surface area contributed by atoms with Crippen molar-refractivity contribution in [3.05, 3.63) is 0 Å². The van der Waals surface area contributed by atoms with E-state index in [1.165, 1.54) is 12.8 Å². The van der Waals surface area contributed by atoms with Crippen LogP contribution >= 0.6 is 0 Å². The van der Waals surface area contributed by atoms with Gasteiger partial charge in [-0.25, -0.2) is 0 Å². The molecule has 2 aliphatic rings. The third-order valence-corrected chi connectivity index (χ3v) is 3.83. The van der Waals surface area contributed by atoms with Crippen LogP contribution < -0.4 is 0 Å². The second-order valence-corrected chi connectivity index (χ2v) is 5.02. The molecular weight excluding hydrogens is 206 g/mol. The van der Waals surface area contributed by atoms with Gasteiger partial charge in [0.1, 0.15) is 6.04 Å². The Morgan fingerprint density at radius 2 is 1.88 bits per heavy atom. The van der Waals surface area contributed by atoms with Gasteiger partial charge in [0.25, 0.3) is 0 Å². The van der Waals surface area contributed by atoms with E-state index in [2.05, 4.69) is 0 Å². The molecule has 0 saturated heterocycles. The molecule has 0 spiro atoms. The molecule has 0 heterocycles. The lowest BCUT2D eigenvalue weighted by molar-refractivity contribution is -0.145. The van der Waals surface area contributed by atoms with Crippen molar-refractivity contribution < 1.29 is 15.0 Å². The molecule has 0 bridgehead atoms. The Hall–Kier alpha value is -0.610. The van der Waals surface area contributed by atoms with Gasteiger partial charge in [-0.05, 0) is 31.6 Å². The molecule has 2 fully saturated rings. The molecule has 0 amide bonds. The van der Waals surface area contributed by atoms with Gasteiger partial charge >= 0.3 is 5.97 Å². The number of nitrogens with zero attached hydrogens (tertiary/aromatic N) is 1. The number of carboxylic acids is 1. The van der Waals surface area contributed by atoms with Crippen molar-refractivity contribution in [1.82, 2.24) is 4.90 Å². The fourth-order valence-corrected chi connectivity index (χ4v) is 2.93. The molecule has 2 rings (SSSR count). The number of carboxylic acid groups (broad SMARTS) is 1. The van der Waals surface area contributed by atoms with Crippen molar-refractivity contribution in [3.63, 3.8) is 0 Å². The molecule has 4 nitrogen and oxygen atoms in total. The van der Waals surface area contributed by atoms with Crippen LogP contribution in [-0.2, 0) is 4.79 Å². The van der Waals surface area contributed by atoms with E-state index in [1.807, 2.05) is 4.90 Å². The SMILES string of the molecule is O=C(O)C(C1CC1)N(CCO)C1CCCC1. The van der Waals surface area contributed by atoms with Gasteiger partial charge in [0.2, 0.25) is 0 Å². The minimum atomic E-state index is -0.706. The Morgan fingerprint density at radius 1 is 1.25 bits per heavy atom. The molecule has 92 valence electrons. The van der Waals surface area contributed by atoms with E-state index >= 15 is 0 Å². The zero-order chi connectivity index (χ0) is 11.5. The predicted octanol–water partition coefficient (Wildman–Crippen LogP) is 1.09. The molecule has 1 unspecified atom stereocenters. The first-order valence-corrected chi connectivity index (χ1v) is 6.33. The van der Waals surface area contributed by atoms with Crippen LogP contribution in [0.5, 0.6) is 0 Å². The quantitative estimate of drug-likeness (QED) is 0.713. The highest BCUT2D eigenvalue weighted by atomic mass is 16.4. The van der Waals surface area contributed by atoms with Crippen LogP contribution in [0.2, 0.25) is 0 Å². The normalized spacial score (nSPS) is 23.9. The maximum absolute atomic E-state index is 11.3. The average Bonchev–Trinajstić information content (AvgIpc) is 2.92. The molecule has 0 aliphatic heterocycles. The second-order valence-electron chi connectivity index (χ2n) is 5.02. The molecule has 0 aromatic rings. The molecule has 2 saturated carbocycles. The van der Waals surface area contributed by atoms with E-state index in [0.717, 1.165) is 25.7 Å². The van der Waals surface area contributed by atoms with Crippen LogP contribution in [0.1, 0.15) is 38.5 Å². The van der Waals surface area contributed by atoms with Crippen molar-refractivity contribution >= 4 is 5.97 Å².